The normalized spacial score (nSPS) is 9.65. The number of rotatable bonds is 2. The second-order valence-electron chi connectivity index (χ2n) is 3.47. The van der Waals surface area contributed by atoms with Crippen LogP contribution < -0.4 is 10.5 Å². The van der Waals surface area contributed by atoms with Crippen molar-refractivity contribution in [1.29, 1.82) is 5.26 Å². The fourth-order valence-electron chi connectivity index (χ4n) is 1.58. The number of nitrogen functional groups attached to an aromatic ring is 1. The van der Waals surface area contributed by atoms with Gasteiger partial charge in [-0.05, 0) is 30.3 Å². The third-order valence-electron chi connectivity index (χ3n) is 2.38. The fraction of sp³-hybridized carbons (Fsp3) is 0.0769. The first-order valence-corrected chi connectivity index (χ1v) is 5.05. The highest BCUT2D eigenvalue weighted by atomic mass is 16.5. The lowest BCUT2D eigenvalue weighted by atomic mass is 10.1. The Bertz CT molecular complexity index is 587. The maximum Gasteiger partial charge on any atom is 0.128 e. The van der Waals surface area contributed by atoms with E-state index in [1.807, 2.05) is 12.1 Å². The van der Waals surface area contributed by atoms with Gasteiger partial charge < -0.3 is 10.5 Å². The van der Waals surface area contributed by atoms with E-state index in [-0.39, 0.29) is 0 Å². The summed E-state index contributed by atoms with van der Waals surface area (Å²) in [6.45, 7) is 0. The molecule has 4 nitrogen and oxygen atoms in total. The lowest BCUT2D eigenvalue weighted by Gasteiger charge is -2.08. The molecule has 0 aliphatic heterocycles. The van der Waals surface area contributed by atoms with Crippen LogP contribution in [0.2, 0.25) is 0 Å². The standard InChI is InChI=1S/C13H11N3O/c1-17-12-6-5-9(8-14)7-10(12)11-3-2-4-13(15)16-11/h2-7H,1H3,(H2,15,16). The maximum absolute atomic E-state index is 8.89. The minimum absolute atomic E-state index is 0.437. The van der Waals surface area contributed by atoms with Gasteiger partial charge in [-0.2, -0.15) is 5.26 Å². The Hall–Kier alpha value is -2.54. The molecule has 0 aliphatic carbocycles. The van der Waals surface area contributed by atoms with Gasteiger partial charge in [0.15, 0.2) is 0 Å². The zero-order valence-electron chi connectivity index (χ0n) is 9.34. The Labute approximate surface area is 99.3 Å². The van der Waals surface area contributed by atoms with Gasteiger partial charge in [-0.15, -0.1) is 0 Å². The number of aromatic nitrogens is 1. The molecular formula is C13H11N3O. The second kappa shape index (κ2) is 4.54. The highest BCUT2D eigenvalue weighted by molar-refractivity contribution is 5.70. The lowest BCUT2D eigenvalue weighted by Crippen LogP contribution is -1.94. The topological polar surface area (TPSA) is 71.9 Å². The van der Waals surface area contributed by atoms with Crippen LogP contribution in [0.5, 0.6) is 5.75 Å². The summed E-state index contributed by atoms with van der Waals surface area (Å²) in [4.78, 5) is 4.22. The summed E-state index contributed by atoms with van der Waals surface area (Å²) in [6.07, 6.45) is 0. The molecular weight excluding hydrogens is 214 g/mol. The van der Waals surface area contributed by atoms with Gasteiger partial charge >= 0.3 is 0 Å². The zero-order valence-corrected chi connectivity index (χ0v) is 9.34. The summed E-state index contributed by atoms with van der Waals surface area (Å²) in [5.41, 5.74) is 7.66. The third-order valence-corrected chi connectivity index (χ3v) is 2.38. The van der Waals surface area contributed by atoms with Crippen molar-refractivity contribution in [3.63, 3.8) is 0 Å². The van der Waals surface area contributed by atoms with Crippen molar-refractivity contribution in [2.45, 2.75) is 0 Å². The van der Waals surface area contributed by atoms with Crippen molar-refractivity contribution < 1.29 is 4.74 Å². The van der Waals surface area contributed by atoms with Crippen molar-refractivity contribution in [3.8, 4) is 23.1 Å². The third kappa shape index (κ3) is 2.18. The molecule has 0 radical (unpaired) electrons. The zero-order chi connectivity index (χ0) is 12.3. The van der Waals surface area contributed by atoms with E-state index in [4.69, 9.17) is 15.7 Å². The number of hydrogen-bond acceptors (Lipinski definition) is 4. The van der Waals surface area contributed by atoms with Crippen molar-refractivity contribution in [1.82, 2.24) is 4.98 Å². The second-order valence-corrected chi connectivity index (χ2v) is 3.47. The Kier molecular flexibility index (Phi) is 2.93. The van der Waals surface area contributed by atoms with Gasteiger partial charge in [0.2, 0.25) is 0 Å². The van der Waals surface area contributed by atoms with Crippen molar-refractivity contribution in [2.24, 2.45) is 0 Å². The van der Waals surface area contributed by atoms with Crippen LogP contribution in [0.15, 0.2) is 36.4 Å². The molecule has 84 valence electrons. The number of pyridine rings is 1. The molecule has 0 spiro atoms. The van der Waals surface area contributed by atoms with Crippen molar-refractivity contribution >= 4 is 5.82 Å². The minimum atomic E-state index is 0.437. The van der Waals surface area contributed by atoms with Crippen LogP contribution in [0.3, 0.4) is 0 Å². The molecule has 0 atom stereocenters. The number of nitrogens with zero attached hydrogens (tertiary/aromatic N) is 2. The summed E-state index contributed by atoms with van der Waals surface area (Å²) in [6, 6.07) is 12.6. The lowest BCUT2D eigenvalue weighted by molar-refractivity contribution is 0.416. The van der Waals surface area contributed by atoms with Gasteiger partial charge in [0, 0.05) is 5.56 Å². The highest BCUT2D eigenvalue weighted by Gasteiger charge is 2.08. The number of nitriles is 1. The molecule has 0 saturated carbocycles. The van der Waals surface area contributed by atoms with Gasteiger partial charge in [0.05, 0.1) is 24.4 Å². The molecule has 1 aromatic carbocycles. The Morgan fingerprint density at radius 1 is 1.29 bits per heavy atom. The molecule has 0 fully saturated rings. The van der Waals surface area contributed by atoms with Crippen LogP contribution in [-0.4, -0.2) is 12.1 Å². The van der Waals surface area contributed by atoms with Crippen LogP contribution in [0, 0.1) is 11.3 Å². The minimum Gasteiger partial charge on any atom is -0.496 e. The van der Waals surface area contributed by atoms with Gasteiger partial charge in [-0.3, -0.25) is 0 Å². The molecule has 0 bridgehead atoms. The Morgan fingerprint density at radius 2 is 2.12 bits per heavy atom. The van der Waals surface area contributed by atoms with E-state index in [1.54, 1.807) is 31.4 Å². The quantitative estimate of drug-likeness (QED) is 0.850. The van der Waals surface area contributed by atoms with Crippen LogP contribution in [0.25, 0.3) is 11.3 Å². The largest absolute Gasteiger partial charge is 0.496 e. The molecule has 4 heteroatoms. The van der Waals surface area contributed by atoms with E-state index in [9.17, 15) is 0 Å². The van der Waals surface area contributed by atoms with E-state index in [1.165, 1.54) is 0 Å². The molecule has 0 amide bonds. The fourth-order valence-corrected chi connectivity index (χ4v) is 1.58. The molecule has 2 N–H and O–H groups in total. The van der Waals surface area contributed by atoms with E-state index in [0.29, 0.717) is 22.8 Å². The van der Waals surface area contributed by atoms with E-state index >= 15 is 0 Å². The first-order chi connectivity index (χ1) is 8.24. The average molecular weight is 225 g/mol. The van der Waals surface area contributed by atoms with Crippen molar-refractivity contribution in [2.75, 3.05) is 12.8 Å². The summed E-state index contributed by atoms with van der Waals surface area (Å²) >= 11 is 0. The molecule has 0 aliphatic rings. The van der Waals surface area contributed by atoms with Crippen LogP contribution >= 0.6 is 0 Å². The summed E-state index contributed by atoms with van der Waals surface area (Å²) < 4.78 is 5.25. The molecule has 1 heterocycles. The number of benzene rings is 1. The van der Waals surface area contributed by atoms with Crippen LogP contribution in [0.1, 0.15) is 5.56 Å². The summed E-state index contributed by atoms with van der Waals surface area (Å²) in [5, 5.41) is 8.89. The number of nitrogens with two attached hydrogens (primary N) is 1. The molecule has 17 heavy (non-hydrogen) atoms. The molecule has 1 aromatic heterocycles. The predicted molar refractivity (Wildman–Crippen MR) is 65.4 cm³/mol. The molecule has 0 saturated heterocycles. The number of ether oxygens (including phenoxy) is 1. The monoisotopic (exact) mass is 225 g/mol. The van der Waals surface area contributed by atoms with Gasteiger partial charge in [0.25, 0.3) is 0 Å². The van der Waals surface area contributed by atoms with Crippen LogP contribution in [0.4, 0.5) is 5.82 Å². The predicted octanol–water partition coefficient (Wildman–Crippen LogP) is 2.21. The number of methoxy groups -OCH3 is 1. The van der Waals surface area contributed by atoms with E-state index in [0.717, 1.165) is 5.56 Å². The Morgan fingerprint density at radius 3 is 2.76 bits per heavy atom. The first-order valence-electron chi connectivity index (χ1n) is 5.05. The SMILES string of the molecule is COc1ccc(C#N)cc1-c1cccc(N)n1. The maximum atomic E-state index is 8.89. The number of hydrogen-bond donors (Lipinski definition) is 1. The van der Waals surface area contributed by atoms with Crippen molar-refractivity contribution in [3.05, 3.63) is 42.0 Å². The molecule has 2 rings (SSSR count). The van der Waals surface area contributed by atoms with Gasteiger partial charge in [0.1, 0.15) is 11.6 Å². The first kappa shape index (κ1) is 11.0. The van der Waals surface area contributed by atoms with E-state index < -0.39 is 0 Å². The van der Waals surface area contributed by atoms with Gasteiger partial charge in [-0.25, -0.2) is 4.98 Å². The van der Waals surface area contributed by atoms with E-state index in [2.05, 4.69) is 11.1 Å². The highest BCUT2D eigenvalue weighted by Crippen LogP contribution is 2.29. The Balaban J connectivity index is 2.61. The van der Waals surface area contributed by atoms with Crippen LogP contribution in [-0.2, 0) is 0 Å². The number of anilines is 1. The molecule has 2 aromatic rings. The molecule has 0 unspecified atom stereocenters. The summed E-state index contributed by atoms with van der Waals surface area (Å²) in [5.74, 6) is 1.11. The summed E-state index contributed by atoms with van der Waals surface area (Å²) in [7, 11) is 1.58. The van der Waals surface area contributed by atoms with Gasteiger partial charge in [-0.1, -0.05) is 6.07 Å². The smallest absolute Gasteiger partial charge is 0.128 e. The average Bonchev–Trinajstić information content (AvgIpc) is 2.38.